The summed E-state index contributed by atoms with van der Waals surface area (Å²) >= 11 is 0. The van der Waals surface area contributed by atoms with Crippen LogP contribution in [0.15, 0.2) is 52.3 Å². The van der Waals surface area contributed by atoms with E-state index in [0.29, 0.717) is 24.1 Å². The molecule has 0 radical (unpaired) electrons. The molecule has 0 spiro atoms. The van der Waals surface area contributed by atoms with Crippen LogP contribution in [0.25, 0.3) is 11.3 Å². The van der Waals surface area contributed by atoms with Gasteiger partial charge in [-0.2, -0.15) is 0 Å². The highest BCUT2D eigenvalue weighted by atomic mass is 16.4. The molecule has 0 saturated carbocycles. The number of pyridine rings is 1. The van der Waals surface area contributed by atoms with Gasteiger partial charge in [-0.05, 0) is 44.0 Å². The summed E-state index contributed by atoms with van der Waals surface area (Å²) in [4.78, 5) is 27.8. The van der Waals surface area contributed by atoms with Crippen molar-refractivity contribution < 1.29 is 4.42 Å². The molecular formula is C22H27N5O2. The Morgan fingerprint density at radius 1 is 1.17 bits per heavy atom. The zero-order chi connectivity index (χ0) is 20.2. The van der Waals surface area contributed by atoms with Crippen molar-refractivity contribution in [1.29, 1.82) is 0 Å². The Morgan fingerprint density at radius 2 is 1.93 bits per heavy atom. The van der Waals surface area contributed by atoms with E-state index in [2.05, 4.69) is 33.7 Å². The van der Waals surface area contributed by atoms with E-state index in [9.17, 15) is 4.79 Å². The molecule has 0 N–H and O–H groups in total. The lowest BCUT2D eigenvalue weighted by molar-refractivity contribution is 0.153. The number of hydrogen-bond donors (Lipinski definition) is 0. The van der Waals surface area contributed by atoms with Crippen LogP contribution in [0.1, 0.15) is 44.3 Å². The fraction of sp³-hybridized carbons (Fsp3) is 0.455. The molecule has 0 bridgehead atoms. The van der Waals surface area contributed by atoms with Crippen LogP contribution in [0, 0.1) is 5.92 Å². The molecule has 4 heterocycles. The third-order valence-electron chi connectivity index (χ3n) is 5.52. The van der Waals surface area contributed by atoms with Gasteiger partial charge in [-0.1, -0.05) is 13.8 Å². The van der Waals surface area contributed by atoms with Gasteiger partial charge in [-0.25, -0.2) is 9.97 Å². The van der Waals surface area contributed by atoms with Gasteiger partial charge in [0.05, 0.1) is 24.8 Å². The highest BCUT2D eigenvalue weighted by Gasteiger charge is 2.21. The maximum absolute atomic E-state index is 12.5. The van der Waals surface area contributed by atoms with Crippen LogP contribution in [-0.4, -0.2) is 37.5 Å². The first-order valence-corrected chi connectivity index (χ1v) is 10.2. The van der Waals surface area contributed by atoms with Gasteiger partial charge in [0.25, 0.3) is 5.56 Å². The molecule has 1 aliphatic rings. The fourth-order valence-electron chi connectivity index (χ4n) is 3.70. The Hall–Kier alpha value is -2.80. The maximum atomic E-state index is 12.5. The van der Waals surface area contributed by atoms with Crippen LogP contribution in [0.5, 0.6) is 0 Å². The highest BCUT2D eigenvalue weighted by Crippen LogP contribution is 2.22. The first-order valence-electron chi connectivity index (χ1n) is 10.2. The summed E-state index contributed by atoms with van der Waals surface area (Å²) in [5, 5.41) is 0. The predicted molar refractivity (Wildman–Crippen MR) is 110 cm³/mol. The van der Waals surface area contributed by atoms with Crippen molar-refractivity contribution in [3.8, 4) is 11.3 Å². The molecule has 0 aliphatic carbocycles. The summed E-state index contributed by atoms with van der Waals surface area (Å²) in [5.74, 6) is 2.57. The van der Waals surface area contributed by atoms with Crippen LogP contribution in [0.4, 0.5) is 0 Å². The maximum Gasteiger partial charge on any atom is 0.253 e. The second-order valence-electron chi connectivity index (χ2n) is 8.03. The van der Waals surface area contributed by atoms with Gasteiger partial charge in [0.15, 0.2) is 0 Å². The van der Waals surface area contributed by atoms with Crippen LogP contribution < -0.4 is 5.56 Å². The van der Waals surface area contributed by atoms with Crippen molar-refractivity contribution in [2.45, 2.75) is 45.7 Å². The van der Waals surface area contributed by atoms with Crippen LogP contribution in [0.3, 0.4) is 0 Å². The van der Waals surface area contributed by atoms with E-state index in [4.69, 9.17) is 4.42 Å². The quantitative estimate of drug-likeness (QED) is 0.639. The smallest absolute Gasteiger partial charge is 0.253 e. The number of hydrogen-bond acceptors (Lipinski definition) is 6. The second-order valence-corrected chi connectivity index (χ2v) is 8.03. The van der Waals surface area contributed by atoms with Crippen LogP contribution >= 0.6 is 0 Å². The molecule has 1 saturated heterocycles. The molecule has 0 atom stereocenters. The minimum atomic E-state index is -0.00441. The van der Waals surface area contributed by atoms with Crippen LogP contribution in [0.2, 0.25) is 0 Å². The zero-order valence-electron chi connectivity index (χ0n) is 17.0. The number of rotatable bonds is 6. The normalized spacial score (nSPS) is 15.8. The fourth-order valence-corrected chi connectivity index (χ4v) is 3.70. The average molecular weight is 393 g/mol. The lowest BCUT2D eigenvalue weighted by Gasteiger charge is -2.31. The minimum absolute atomic E-state index is 0.00441. The van der Waals surface area contributed by atoms with Crippen molar-refractivity contribution in [3.05, 3.63) is 65.1 Å². The van der Waals surface area contributed by atoms with E-state index in [1.165, 1.54) is 0 Å². The van der Waals surface area contributed by atoms with Gasteiger partial charge in [-0.15, -0.1) is 0 Å². The Morgan fingerprint density at radius 3 is 2.59 bits per heavy atom. The summed E-state index contributed by atoms with van der Waals surface area (Å²) < 4.78 is 7.55. The first-order chi connectivity index (χ1) is 14.1. The number of aromatic nitrogens is 4. The standard InChI is InChI=1S/C22H27N5O2/c1-16(2)20-12-24-21(29-20)14-26-9-5-17(6-10-26)13-27-15-25-19(11-22(27)28)18-3-7-23-8-4-18/h3-4,7-8,11-12,15-17H,5-6,9-10,13-14H2,1-2H3. The third kappa shape index (κ3) is 4.79. The van der Waals surface area contributed by atoms with E-state index >= 15 is 0 Å². The van der Waals surface area contributed by atoms with E-state index < -0.39 is 0 Å². The summed E-state index contributed by atoms with van der Waals surface area (Å²) in [5.41, 5.74) is 1.59. The van der Waals surface area contributed by atoms with E-state index in [1.807, 2.05) is 18.3 Å². The zero-order valence-corrected chi connectivity index (χ0v) is 17.0. The van der Waals surface area contributed by atoms with Gasteiger partial charge < -0.3 is 4.42 Å². The molecule has 7 nitrogen and oxygen atoms in total. The van der Waals surface area contributed by atoms with Crippen molar-refractivity contribution in [2.24, 2.45) is 5.92 Å². The molecule has 7 heteroatoms. The van der Waals surface area contributed by atoms with Gasteiger partial charge in [0.1, 0.15) is 5.76 Å². The summed E-state index contributed by atoms with van der Waals surface area (Å²) in [7, 11) is 0. The van der Waals surface area contributed by atoms with Gasteiger partial charge in [-0.3, -0.25) is 19.2 Å². The molecule has 0 amide bonds. The molecule has 29 heavy (non-hydrogen) atoms. The topological polar surface area (TPSA) is 77.1 Å². The molecule has 0 aromatic carbocycles. The summed E-state index contributed by atoms with van der Waals surface area (Å²) in [6.45, 7) is 7.66. The number of piperidine rings is 1. The Bertz CT molecular complexity index is 988. The first kappa shape index (κ1) is 19.5. The minimum Gasteiger partial charge on any atom is -0.444 e. The Kier molecular flexibility index (Phi) is 5.85. The molecule has 152 valence electrons. The lowest BCUT2D eigenvalue weighted by atomic mass is 9.96. The van der Waals surface area contributed by atoms with Crippen molar-refractivity contribution in [2.75, 3.05) is 13.1 Å². The van der Waals surface area contributed by atoms with E-state index in [0.717, 1.165) is 49.7 Å². The molecule has 4 rings (SSSR count). The summed E-state index contributed by atoms with van der Waals surface area (Å²) in [6.07, 6.45) is 9.02. The molecular weight excluding hydrogens is 366 g/mol. The number of nitrogens with zero attached hydrogens (tertiary/aromatic N) is 5. The van der Waals surface area contributed by atoms with E-state index in [1.54, 1.807) is 29.4 Å². The molecule has 1 aliphatic heterocycles. The SMILES string of the molecule is CC(C)c1cnc(CN2CCC(Cn3cnc(-c4ccncc4)cc3=O)CC2)o1. The Balaban J connectivity index is 1.32. The van der Waals surface area contributed by atoms with Crippen molar-refractivity contribution >= 4 is 0 Å². The van der Waals surface area contributed by atoms with Crippen molar-refractivity contribution in [1.82, 2.24) is 24.4 Å². The number of oxazole rings is 1. The third-order valence-corrected chi connectivity index (χ3v) is 5.52. The molecule has 0 unspecified atom stereocenters. The molecule has 1 fully saturated rings. The lowest BCUT2D eigenvalue weighted by Crippen LogP contribution is -2.36. The largest absolute Gasteiger partial charge is 0.444 e. The monoisotopic (exact) mass is 393 g/mol. The van der Waals surface area contributed by atoms with Crippen LogP contribution in [-0.2, 0) is 13.1 Å². The van der Waals surface area contributed by atoms with Gasteiger partial charge in [0, 0.05) is 36.5 Å². The Labute approximate surface area is 170 Å². The number of likely N-dealkylation sites (tertiary alicyclic amines) is 1. The van der Waals surface area contributed by atoms with Gasteiger partial charge in [0.2, 0.25) is 5.89 Å². The van der Waals surface area contributed by atoms with E-state index in [-0.39, 0.29) is 5.56 Å². The molecule has 3 aromatic heterocycles. The van der Waals surface area contributed by atoms with Crippen molar-refractivity contribution in [3.63, 3.8) is 0 Å². The summed E-state index contributed by atoms with van der Waals surface area (Å²) in [6, 6.07) is 5.33. The average Bonchev–Trinajstić information content (AvgIpc) is 3.20. The second kappa shape index (κ2) is 8.69. The predicted octanol–water partition coefficient (Wildman–Crippen LogP) is 3.33. The molecule has 3 aromatic rings. The highest BCUT2D eigenvalue weighted by molar-refractivity contribution is 5.57. The van der Waals surface area contributed by atoms with Gasteiger partial charge >= 0.3 is 0 Å².